The van der Waals surface area contributed by atoms with Crippen LogP contribution in [0.3, 0.4) is 0 Å². The molecule has 0 aliphatic carbocycles. The minimum absolute atomic E-state index is 0.212. The van der Waals surface area contributed by atoms with E-state index in [1.54, 1.807) is 29.2 Å². The fourth-order valence-electron chi connectivity index (χ4n) is 3.13. The van der Waals surface area contributed by atoms with Crippen molar-refractivity contribution in [3.8, 4) is 5.75 Å². The molecule has 1 N–H and O–H groups in total. The molecule has 6 nitrogen and oxygen atoms in total. The van der Waals surface area contributed by atoms with Crippen LogP contribution < -0.4 is 4.74 Å². The maximum atomic E-state index is 12.2. The second-order valence-corrected chi connectivity index (χ2v) is 7.18. The lowest BCUT2D eigenvalue weighted by Gasteiger charge is -2.31. The van der Waals surface area contributed by atoms with Crippen LogP contribution in [0.5, 0.6) is 5.75 Å². The zero-order valence-corrected chi connectivity index (χ0v) is 16.9. The summed E-state index contributed by atoms with van der Waals surface area (Å²) in [5, 5.41) is 9.60. The van der Waals surface area contributed by atoms with Crippen LogP contribution in [0.2, 0.25) is 5.02 Å². The van der Waals surface area contributed by atoms with Crippen LogP contribution in [0.1, 0.15) is 32.6 Å². The smallest absolute Gasteiger partial charge is 0.410 e. The van der Waals surface area contributed by atoms with E-state index in [0.717, 1.165) is 51.9 Å². The highest BCUT2D eigenvalue weighted by molar-refractivity contribution is 6.30. The highest BCUT2D eigenvalue weighted by Gasteiger charge is 2.24. The molecule has 152 valence electrons. The molecule has 0 saturated carbocycles. The van der Waals surface area contributed by atoms with Crippen LogP contribution in [-0.2, 0) is 4.74 Å². The van der Waals surface area contributed by atoms with Gasteiger partial charge in [0.2, 0.25) is 0 Å². The van der Waals surface area contributed by atoms with Gasteiger partial charge in [-0.05, 0) is 63.0 Å². The van der Waals surface area contributed by atoms with E-state index < -0.39 is 0 Å². The number of aliphatic hydroxyl groups is 1. The van der Waals surface area contributed by atoms with Crippen molar-refractivity contribution in [3.05, 3.63) is 29.3 Å². The fraction of sp³-hybridized carbons (Fsp3) is 0.650. The van der Waals surface area contributed by atoms with Gasteiger partial charge >= 0.3 is 6.09 Å². The fourth-order valence-corrected chi connectivity index (χ4v) is 3.26. The summed E-state index contributed by atoms with van der Waals surface area (Å²) in [6, 6.07) is 6.79. The Balaban J connectivity index is 1.58. The Bertz CT molecular complexity index is 547. The second-order valence-electron chi connectivity index (χ2n) is 6.74. The van der Waals surface area contributed by atoms with Gasteiger partial charge in [0.05, 0.1) is 12.7 Å². The Morgan fingerprint density at radius 1 is 1.22 bits per heavy atom. The van der Waals surface area contributed by atoms with Gasteiger partial charge in [0.1, 0.15) is 5.75 Å². The molecule has 1 aromatic carbocycles. The molecule has 0 bridgehead atoms. The molecule has 1 aliphatic heterocycles. The number of piperidine rings is 1. The summed E-state index contributed by atoms with van der Waals surface area (Å²) < 4.78 is 11.3. The minimum atomic E-state index is -0.320. The largest absolute Gasteiger partial charge is 0.415 e. The van der Waals surface area contributed by atoms with Crippen molar-refractivity contribution in [2.24, 2.45) is 0 Å². The summed E-state index contributed by atoms with van der Waals surface area (Å²) in [6.07, 6.45) is 3.65. The van der Waals surface area contributed by atoms with Crippen molar-refractivity contribution >= 4 is 17.7 Å². The van der Waals surface area contributed by atoms with Crippen molar-refractivity contribution in [1.29, 1.82) is 0 Å². The monoisotopic (exact) mass is 398 g/mol. The third-order valence-corrected chi connectivity index (χ3v) is 5.06. The van der Waals surface area contributed by atoms with Crippen molar-refractivity contribution < 1.29 is 19.4 Å². The molecule has 0 radical (unpaired) electrons. The lowest BCUT2D eigenvalue weighted by atomic mass is 10.1. The molecular formula is C20H31ClN2O4. The number of amides is 1. The van der Waals surface area contributed by atoms with E-state index in [0.29, 0.717) is 23.9 Å². The molecule has 2 rings (SSSR count). The Labute approximate surface area is 167 Å². The van der Waals surface area contributed by atoms with Gasteiger partial charge in [-0.1, -0.05) is 18.5 Å². The van der Waals surface area contributed by atoms with E-state index >= 15 is 0 Å². The molecule has 0 atom stereocenters. The summed E-state index contributed by atoms with van der Waals surface area (Å²) in [5.41, 5.74) is 0. The van der Waals surface area contributed by atoms with Gasteiger partial charge < -0.3 is 24.4 Å². The summed E-state index contributed by atoms with van der Waals surface area (Å²) in [6.45, 7) is 7.07. The number of likely N-dealkylation sites (tertiary alicyclic amines) is 1. The van der Waals surface area contributed by atoms with Crippen molar-refractivity contribution in [2.45, 2.75) is 38.7 Å². The topological polar surface area (TPSA) is 62.2 Å². The number of likely N-dealkylation sites (N-methyl/N-ethyl adjacent to an activating group) is 1. The third-order valence-electron chi connectivity index (χ3n) is 4.80. The molecule has 1 fully saturated rings. The number of halogens is 1. The van der Waals surface area contributed by atoms with E-state index in [1.807, 2.05) is 0 Å². The van der Waals surface area contributed by atoms with Crippen molar-refractivity contribution in [3.63, 3.8) is 0 Å². The predicted molar refractivity (Wildman–Crippen MR) is 106 cm³/mol. The molecule has 1 saturated heterocycles. The molecule has 1 aromatic rings. The van der Waals surface area contributed by atoms with E-state index in [-0.39, 0.29) is 18.8 Å². The zero-order valence-electron chi connectivity index (χ0n) is 16.1. The summed E-state index contributed by atoms with van der Waals surface area (Å²) in [7, 11) is 0. The quantitative estimate of drug-likeness (QED) is 0.612. The highest BCUT2D eigenvalue weighted by atomic mass is 35.5. The summed E-state index contributed by atoms with van der Waals surface area (Å²) in [5.74, 6) is 0.505. The molecular weight excluding hydrogens is 368 g/mol. The van der Waals surface area contributed by atoms with E-state index in [4.69, 9.17) is 26.2 Å². The number of nitrogens with zero attached hydrogens (tertiary/aromatic N) is 2. The molecule has 0 spiro atoms. The number of hydrogen-bond acceptors (Lipinski definition) is 5. The normalized spacial score (nSPS) is 15.3. The first-order chi connectivity index (χ1) is 13.1. The van der Waals surface area contributed by atoms with Gasteiger partial charge in [-0.3, -0.25) is 0 Å². The number of rotatable bonds is 10. The number of aliphatic hydroxyl groups excluding tert-OH is 1. The maximum absolute atomic E-state index is 12.2. The number of carbonyl (C=O) groups is 1. The number of ether oxygens (including phenoxy) is 2. The SMILES string of the molecule is CCN(CCO)CCCCOC1CCN(C(=O)Oc2ccc(Cl)cc2)CC1. The predicted octanol–water partition coefficient (Wildman–Crippen LogP) is 3.41. The van der Waals surface area contributed by atoms with Crippen LogP contribution in [-0.4, -0.2) is 73.0 Å². The van der Waals surface area contributed by atoms with Gasteiger partial charge in [0.25, 0.3) is 0 Å². The standard InChI is InChI=1S/C20H31ClN2O4/c1-2-22(14-15-24)11-3-4-16-26-18-9-12-23(13-10-18)20(25)27-19-7-5-17(21)6-8-19/h5-8,18,24H,2-4,9-16H2,1H3. The lowest BCUT2D eigenvalue weighted by molar-refractivity contribution is 0.00875. The molecule has 7 heteroatoms. The molecule has 0 aromatic heterocycles. The molecule has 1 amide bonds. The average molecular weight is 399 g/mol. The van der Waals surface area contributed by atoms with E-state index in [1.165, 1.54) is 0 Å². The van der Waals surface area contributed by atoms with Gasteiger partial charge in [-0.15, -0.1) is 0 Å². The molecule has 0 unspecified atom stereocenters. The molecule has 1 heterocycles. The van der Waals surface area contributed by atoms with Gasteiger partial charge in [0.15, 0.2) is 0 Å². The van der Waals surface area contributed by atoms with E-state index in [9.17, 15) is 4.79 Å². The first kappa shape index (κ1) is 22.0. The lowest BCUT2D eigenvalue weighted by Crippen LogP contribution is -2.42. The second kappa shape index (κ2) is 12.2. The van der Waals surface area contributed by atoms with Gasteiger partial charge in [-0.2, -0.15) is 0 Å². The molecule has 1 aliphatic rings. The first-order valence-electron chi connectivity index (χ1n) is 9.79. The Morgan fingerprint density at radius 2 is 1.93 bits per heavy atom. The average Bonchev–Trinajstić information content (AvgIpc) is 2.69. The van der Waals surface area contributed by atoms with Gasteiger partial charge in [-0.25, -0.2) is 4.79 Å². The summed E-state index contributed by atoms with van der Waals surface area (Å²) in [4.78, 5) is 16.2. The highest BCUT2D eigenvalue weighted by Crippen LogP contribution is 2.19. The van der Waals surface area contributed by atoms with E-state index in [2.05, 4.69) is 11.8 Å². The Kier molecular flexibility index (Phi) is 9.91. The Morgan fingerprint density at radius 3 is 2.56 bits per heavy atom. The zero-order chi connectivity index (χ0) is 19.5. The van der Waals surface area contributed by atoms with Crippen molar-refractivity contribution in [2.75, 3.05) is 45.9 Å². The maximum Gasteiger partial charge on any atom is 0.415 e. The van der Waals surface area contributed by atoms with Crippen LogP contribution in [0.4, 0.5) is 4.79 Å². The third kappa shape index (κ3) is 8.05. The van der Waals surface area contributed by atoms with Crippen LogP contribution in [0, 0.1) is 0 Å². The number of unbranched alkanes of at least 4 members (excludes halogenated alkanes) is 1. The van der Waals surface area contributed by atoms with Crippen LogP contribution in [0.15, 0.2) is 24.3 Å². The number of hydrogen-bond donors (Lipinski definition) is 1. The van der Waals surface area contributed by atoms with Crippen LogP contribution >= 0.6 is 11.6 Å². The minimum Gasteiger partial charge on any atom is -0.410 e. The first-order valence-corrected chi connectivity index (χ1v) is 10.2. The van der Waals surface area contributed by atoms with Crippen LogP contribution in [0.25, 0.3) is 0 Å². The van der Waals surface area contributed by atoms with Gasteiger partial charge in [0, 0.05) is 31.3 Å². The Hall–Kier alpha value is -1.34. The molecule has 27 heavy (non-hydrogen) atoms. The summed E-state index contributed by atoms with van der Waals surface area (Å²) >= 11 is 5.83. The number of carbonyl (C=O) groups excluding carboxylic acids is 1. The number of benzene rings is 1. The van der Waals surface area contributed by atoms with Crippen molar-refractivity contribution in [1.82, 2.24) is 9.80 Å².